The van der Waals surface area contributed by atoms with Gasteiger partial charge in [-0.25, -0.2) is 0 Å². The smallest absolute Gasteiger partial charge is 0.0540 e. The molecule has 0 fully saturated rings. The van der Waals surface area contributed by atoms with Crippen molar-refractivity contribution in [3.63, 3.8) is 0 Å². The molecule has 7 rings (SSSR count). The van der Waals surface area contributed by atoms with Gasteiger partial charge in [0.05, 0.1) is 11.4 Å². The van der Waals surface area contributed by atoms with Gasteiger partial charge >= 0.3 is 0 Å². The van der Waals surface area contributed by atoms with Gasteiger partial charge in [0.15, 0.2) is 0 Å². The molecule has 0 spiro atoms. The van der Waals surface area contributed by atoms with E-state index in [1.807, 2.05) is 12.2 Å². The lowest BCUT2D eigenvalue weighted by atomic mass is 10.0. The summed E-state index contributed by atoms with van der Waals surface area (Å²) in [4.78, 5) is 4.67. The Kier molecular flexibility index (Phi) is 7.24. The third-order valence-electron chi connectivity index (χ3n) is 8.19. The van der Waals surface area contributed by atoms with Gasteiger partial charge in [-0.15, -0.1) is 0 Å². The van der Waals surface area contributed by atoms with E-state index in [4.69, 9.17) is 0 Å². The molecule has 0 bridgehead atoms. The lowest BCUT2D eigenvalue weighted by Crippen LogP contribution is -2.13. The topological polar surface area (TPSA) is 6.48 Å². The molecule has 0 aliphatic heterocycles. The second kappa shape index (κ2) is 11.8. The van der Waals surface area contributed by atoms with E-state index in [9.17, 15) is 0 Å². The molecule has 0 saturated carbocycles. The van der Waals surface area contributed by atoms with Crippen LogP contribution in [0.5, 0.6) is 0 Å². The van der Waals surface area contributed by atoms with Crippen LogP contribution in [-0.4, -0.2) is 0 Å². The molecule has 0 aromatic heterocycles. The second-order valence-corrected chi connectivity index (χ2v) is 10.7. The maximum absolute atomic E-state index is 4.05. The van der Waals surface area contributed by atoms with E-state index in [-0.39, 0.29) is 0 Å². The largest absolute Gasteiger partial charge is 0.310 e. The Morgan fingerprint density at radius 1 is 0.318 bits per heavy atom. The minimum Gasteiger partial charge on any atom is -0.310 e. The second-order valence-electron chi connectivity index (χ2n) is 10.7. The molecule has 0 atom stereocenters. The lowest BCUT2D eigenvalue weighted by Gasteiger charge is -2.30. The van der Waals surface area contributed by atoms with E-state index in [0.29, 0.717) is 0 Å². The average molecular weight is 565 g/mol. The summed E-state index contributed by atoms with van der Waals surface area (Å²) >= 11 is 0. The lowest BCUT2D eigenvalue weighted by molar-refractivity contribution is 1.27. The number of para-hydroxylation sites is 2. The molecule has 0 heterocycles. The van der Waals surface area contributed by atoms with Crippen molar-refractivity contribution in [1.82, 2.24) is 0 Å². The van der Waals surface area contributed by atoms with Crippen LogP contribution in [0.2, 0.25) is 0 Å². The summed E-state index contributed by atoms with van der Waals surface area (Å²) in [6, 6.07) is 55.8. The molecule has 210 valence electrons. The highest BCUT2D eigenvalue weighted by Gasteiger charge is 2.19. The van der Waals surface area contributed by atoms with Gasteiger partial charge in [0, 0.05) is 33.5 Å². The monoisotopic (exact) mass is 564 g/mol. The Balaban J connectivity index is 1.39. The first-order chi connectivity index (χ1) is 21.8. The summed E-state index contributed by atoms with van der Waals surface area (Å²) < 4.78 is 0. The molecule has 0 aliphatic rings. The van der Waals surface area contributed by atoms with Crippen molar-refractivity contribution in [1.29, 1.82) is 0 Å². The van der Waals surface area contributed by atoms with Crippen LogP contribution in [0.15, 0.2) is 171 Å². The molecule has 0 N–H and O–H groups in total. The number of fused-ring (bicyclic) bond motifs is 2. The molecule has 2 nitrogen and oxygen atoms in total. The zero-order chi connectivity index (χ0) is 29.9. The highest BCUT2D eigenvalue weighted by atomic mass is 15.2. The molecule has 7 aromatic rings. The van der Waals surface area contributed by atoms with Gasteiger partial charge in [-0.1, -0.05) is 122 Å². The molecule has 44 heavy (non-hydrogen) atoms. The predicted molar refractivity (Wildman–Crippen MR) is 191 cm³/mol. The average Bonchev–Trinajstić information content (AvgIpc) is 3.10. The van der Waals surface area contributed by atoms with Crippen molar-refractivity contribution in [2.45, 2.75) is 0 Å². The number of rotatable bonds is 8. The SMILES string of the molecule is C=Cc1ccc(N(c2ccccc2)c2ccc(N(c3ccccc3)c3ccc(C=C)c4ccccc34)cc2)c2ccccc12. The quantitative estimate of drug-likeness (QED) is 0.181. The summed E-state index contributed by atoms with van der Waals surface area (Å²) in [5.41, 5.74) is 8.85. The van der Waals surface area contributed by atoms with Crippen molar-refractivity contribution in [2.24, 2.45) is 0 Å². The van der Waals surface area contributed by atoms with E-state index in [2.05, 4.69) is 181 Å². The molecule has 0 radical (unpaired) electrons. The van der Waals surface area contributed by atoms with Gasteiger partial charge in [0.25, 0.3) is 0 Å². The summed E-state index contributed by atoms with van der Waals surface area (Å²) in [6.07, 6.45) is 3.86. The summed E-state index contributed by atoms with van der Waals surface area (Å²) in [6.45, 7) is 8.11. The minimum absolute atomic E-state index is 1.08. The van der Waals surface area contributed by atoms with Gasteiger partial charge in [-0.3, -0.25) is 0 Å². The first-order valence-electron chi connectivity index (χ1n) is 14.9. The number of nitrogens with zero attached hydrogens (tertiary/aromatic N) is 2. The Bertz CT molecular complexity index is 1940. The van der Waals surface area contributed by atoms with Crippen molar-refractivity contribution in [3.8, 4) is 0 Å². The molecule has 2 heteroatoms. The van der Waals surface area contributed by atoms with Gasteiger partial charge in [-0.05, 0) is 82.6 Å². The van der Waals surface area contributed by atoms with Gasteiger partial charge in [0.2, 0.25) is 0 Å². The van der Waals surface area contributed by atoms with Crippen LogP contribution in [0.1, 0.15) is 11.1 Å². The van der Waals surface area contributed by atoms with E-state index < -0.39 is 0 Å². The molecule has 7 aromatic carbocycles. The Morgan fingerprint density at radius 3 is 1.00 bits per heavy atom. The molecule has 0 aliphatic carbocycles. The summed E-state index contributed by atoms with van der Waals surface area (Å²) in [7, 11) is 0. The van der Waals surface area contributed by atoms with Crippen LogP contribution < -0.4 is 9.80 Å². The van der Waals surface area contributed by atoms with Gasteiger partial charge < -0.3 is 9.80 Å². The van der Waals surface area contributed by atoms with E-state index in [1.165, 1.54) is 21.5 Å². The van der Waals surface area contributed by atoms with E-state index >= 15 is 0 Å². The van der Waals surface area contributed by atoms with Crippen molar-refractivity contribution in [3.05, 3.63) is 182 Å². The van der Waals surface area contributed by atoms with E-state index in [1.54, 1.807) is 0 Å². The van der Waals surface area contributed by atoms with Gasteiger partial charge in [0.1, 0.15) is 0 Å². The van der Waals surface area contributed by atoms with Crippen molar-refractivity contribution >= 4 is 67.8 Å². The third kappa shape index (κ3) is 4.83. The van der Waals surface area contributed by atoms with E-state index in [0.717, 1.165) is 45.3 Å². The fraction of sp³-hybridized carbons (Fsp3) is 0. The molecule has 0 amide bonds. The van der Waals surface area contributed by atoms with Crippen molar-refractivity contribution < 1.29 is 0 Å². The normalized spacial score (nSPS) is 10.9. The van der Waals surface area contributed by atoms with Crippen LogP contribution in [0, 0.1) is 0 Å². The Morgan fingerprint density at radius 2 is 0.636 bits per heavy atom. The Labute approximate surface area is 259 Å². The number of hydrogen-bond donors (Lipinski definition) is 0. The number of anilines is 6. The minimum atomic E-state index is 1.08. The van der Waals surface area contributed by atoms with Crippen molar-refractivity contribution in [2.75, 3.05) is 9.80 Å². The van der Waals surface area contributed by atoms with Crippen LogP contribution in [0.3, 0.4) is 0 Å². The molecular formula is C42H32N2. The fourth-order valence-corrected chi connectivity index (χ4v) is 6.12. The maximum Gasteiger partial charge on any atom is 0.0540 e. The van der Waals surface area contributed by atoms with Crippen LogP contribution in [0.4, 0.5) is 34.1 Å². The fourth-order valence-electron chi connectivity index (χ4n) is 6.12. The first kappa shape index (κ1) is 27.0. The first-order valence-corrected chi connectivity index (χ1v) is 14.9. The highest BCUT2D eigenvalue weighted by Crippen LogP contribution is 2.43. The molecular weight excluding hydrogens is 532 g/mol. The zero-order valence-corrected chi connectivity index (χ0v) is 24.5. The summed E-state index contributed by atoms with van der Waals surface area (Å²) in [5.74, 6) is 0. The zero-order valence-electron chi connectivity index (χ0n) is 24.5. The number of benzene rings is 7. The summed E-state index contributed by atoms with van der Waals surface area (Å²) in [5, 5.41) is 4.72. The van der Waals surface area contributed by atoms with Crippen LogP contribution in [-0.2, 0) is 0 Å². The van der Waals surface area contributed by atoms with Crippen LogP contribution in [0.25, 0.3) is 33.7 Å². The van der Waals surface area contributed by atoms with Gasteiger partial charge in [-0.2, -0.15) is 0 Å². The predicted octanol–water partition coefficient (Wildman–Crippen LogP) is 12.2. The molecule has 0 unspecified atom stereocenters. The molecule has 0 saturated heterocycles. The standard InChI is InChI=1S/C42H32N2/c1-3-31-23-29-41(39-21-13-11-19-37(31)39)43(33-15-7-5-8-16-33)35-25-27-36(28-26-35)44(34-17-9-6-10-18-34)42-30-24-32(4-2)38-20-12-14-22-40(38)42/h3-30H,1-2H2. The van der Waals surface area contributed by atoms with Crippen LogP contribution >= 0.6 is 0 Å². The highest BCUT2D eigenvalue weighted by molar-refractivity contribution is 6.04. The third-order valence-corrected chi connectivity index (χ3v) is 8.19. The maximum atomic E-state index is 4.05. The Hall–Kier alpha value is -5.86. The number of hydrogen-bond acceptors (Lipinski definition) is 2.